The number of benzene rings is 2. The Labute approximate surface area is 234 Å². The molecule has 39 heavy (non-hydrogen) atoms. The summed E-state index contributed by atoms with van der Waals surface area (Å²) in [5.41, 5.74) is 3.39. The molecular formula is C31H36N2O5S. The molecule has 0 N–H and O–H groups in total. The van der Waals surface area contributed by atoms with E-state index in [0.29, 0.717) is 37.5 Å². The van der Waals surface area contributed by atoms with Crippen LogP contribution in [0, 0.1) is 0 Å². The fourth-order valence-corrected chi connectivity index (χ4v) is 6.84. The number of morpholine rings is 2. The van der Waals surface area contributed by atoms with Gasteiger partial charge in [-0.2, -0.15) is 0 Å². The van der Waals surface area contributed by atoms with Crippen molar-refractivity contribution in [3.05, 3.63) is 69.9 Å². The Bertz CT molecular complexity index is 1380. The van der Waals surface area contributed by atoms with Crippen LogP contribution in [0.5, 0.6) is 5.75 Å². The normalized spacial score (nSPS) is 22.2. The van der Waals surface area contributed by atoms with Crippen molar-refractivity contribution in [2.75, 3.05) is 50.9 Å². The van der Waals surface area contributed by atoms with Gasteiger partial charge in [0.15, 0.2) is 11.3 Å². The first-order valence-corrected chi connectivity index (χ1v) is 14.7. The second-order valence-corrected chi connectivity index (χ2v) is 11.9. The molecule has 0 unspecified atom stereocenters. The molecule has 7 nitrogen and oxygen atoms in total. The van der Waals surface area contributed by atoms with Gasteiger partial charge in [0.2, 0.25) is 0 Å². The molecule has 8 heteroatoms. The lowest BCUT2D eigenvalue weighted by molar-refractivity contribution is -0.0821. The number of fused-ring (bicyclic) bond motifs is 2. The number of ether oxygens (including phenoxy) is 3. The summed E-state index contributed by atoms with van der Waals surface area (Å²) in [6.07, 6.45) is 1.30. The van der Waals surface area contributed by atoms with Gasteiger partial charge in [-0.15, -0.1) is 0 Å². The highest BCUT2D eigenvalue weighted by molar-refractivity contribution is 7.99. The highest BCUT2D eigenvalue weighted by Gasteiger charge is 2.27. The van der Waals surface area contributed by atoms with E-state index < -0.39 is 0 Å². The third kappa shape index (κ3) is 5.89. The molecule has 0 amide bonds. The first-order chi connectivity index (χ1) is 18.9. The molecule has 3 aliphatic heterocycles. The minimum atomic E-state index is -0.0476. The molecule has 2 aromatic carbocycles. The van der Waals surface area contributed by atoms with Crippen molar-refractivity contribution in [2.24, 2.45) is 0 Å². The Morgan fingerprint density at radius 3 is 2.62 bits per heavy atom. The van der Waals surface area contributed by atoms with E-state index in [-0.39, 0.29) is 17.6 Å². The lowest BCUT2D eigenvalue weighted by Crippen LogP contribution is -2.50. The van der Waals surface area contributed by atoms with Gasteiger partial charge in [-0.1, -0.05) is 30.0 Å². The van der Waals surface area contributed by atoms with Crippen LogP contribution in [0.15, 0.2) is 67.5 Å². The lowest BCUT2D eigenvalue weighted by Gasteiger charge is -2.38. The van der Waals surface area contributed by atoms with E-state index in [2.05, 4.69) is 54.8 Å². The van der Waals surface area contributed by atoms with Gasteiger partial charge >= 0.3 is 0 Å². The topological polar surface area (TPSA) is 64.4 Å². The van der Waals surface area contributed by atoms with Gasteiger partial charge in [-0.05, 0) is 56.5 Å². The minimum Gasteiger partial charge on any atom is -0.492 e. The lowest BCUT2D eigenvalue weighted by atomic mass is 10.0. The third-order valence-corrected chi connectivity index (χ3v) is 8.93. The quantitative estimate of drug-likeness (QED) is 0.331. The Hall–Kier alpha value is -2.78. The summed E-state index contributed by atoms with van der Waals surface area (Å²) in [5.74, 6) is 2.12. The van der Waals surface area contributed by atoms with Crippen molar-refractivity contribution in [2.45, 2.75) is 55.2 Å². The average Bonchev–Trinajstić information content (AvgIpc) is 2.94. The largest absolute Gasteiger partial charge is 0.492 e. The van der Waals surface area contributed by atoms with E-state index in [1.807, 2.05) is 12.1 Å². The van der Waals surface area contributed by atoms with Crippen molar-refractivity contribution in [1.82, 2.24) is 4.90 Å². The summed E-state index contributed by atoms with van der Waals surface area (Å²) >= 11 is 1.73. The fraction of sp³-hybridized carbons (Fsp3) is 0.452. The number of nitrogens with zero attached hydrogens (tertiary/aromatic N) is 2. The number of rotatable bonds is 6. The molecule has 2 fully saturated rings. The summed E-state index contributed by atoms with van der Waals surface area (Å²) < 4.78 is 23.9. The van der Waals surface area contributed by atoms with Crippen molar-refractivity contribution < 1.29 is 18.6 Å². The first-order valence-electron chi connectivity index (χ1n) is 13.9. The van der Waals surface area contributed by atoms with Crippen LogP contribution >= 0.6 is 11.8 Å². The van der Waals surface area contributed by atoms with Crippen molar-refractivity contribution >= 4 is 17.6 Å². The summed E-state index contributed by atoms with van der Waals surface area (Å²) in [7, 11) is 0. The number of hydrogen-bond donors (Lipinski definition) is 0. The molecule has 3 aromatic rings. The summed E-state index contributed by atoms with van der Waals surface area (Å²) in [6, 6.07) is 16.1. The predicted molar refractivity (Wildman–Crippen MR) is 153 cm³/mol. The highest BCUT2D eigenvalue weighted by Crippen LogP contribution is 2.45. The molecule has 0 radical (unpaired) electrons. The van der Waals surface area contributed by atoms with Gasteiger partial charge in [-0.25, -0.2) is 0 Å². The van der Waals surface area contributed by atoms with Crippen LogP contribution in [0.4, 0.5) is 5.88 Å². The SMILES string of the molecule is C[C@@H]1CN([C@H](C)COc2ccc3c(c2)Cc2cccc(-c4cc(=O)cc(N5CCOCC5)o4)c2S3)C[C@H](C)O1. The Morgan fingerprint density at radius 1 is 1.03 bits per heavy atom. The van der Waals surface area contributed by atoms with Crippen molar-refractivity contribution in [3.8, 4) is 17.1 Å². The van der Waals surface area contributed by atoms with E-state index >= 15 is 0 Å². The molecule has 3 aliphatic rings. The summed E-state index contributed by atoms with van der Waals surface area (Å²) in [5, 5.41) is 0. The zero-order valence-corrected chi connectivity index (χ0v) is 23.7. The van der Waals surface area contributed by atoms with Gasteiger partial charge < -0.3 is 23.5 Å². The van der Waals surface area contributed by atoms with Crippen LogP contribution < -0.4 is 15.1 Å². The predicted octanol–water partition coefficient (Wildman–Crippen LogP) is 5.08. The maximum absolute atomic E-state index is 12.6. The minimum absolute atomic E-state index is 0.0476. The molecule has 6 rings (SSSR count). The van der Waals surface area contributed by atoms with Gasteiger partial charge in [0, 0.05) is 59.7 Å². The van der Waals surface area contributed by atoms with E-state index in [9.17, 15) is 4.79 Å². The van der Waals surface area contributed by atoms with Gasteiger partial charge in [0.25, 0.3) is 0 Å². The first kappa shape index (κ1) is 26.4. The fourth-order valence-electron chi connectivity index (χ4n) is 5.67. The van der Waals surface area contributed by atoms with E-state index in [0.717, 1.165) is 48.8 Å². The molecule has 2 saturated heterocycles. The third-order valence-electron chi connectivity index (χ3n) is 7.63. The highest BCUT2D eigenvalue weighted by atomic mass is 32.2. The van der Waals surface area contributed by atoms with Crippen LogP contribution in [-0.4, -0.2) is 69.1 Å². The molecule has 206 valence electrons. The number of anilines is 1. The van der Waals surface area contributed by atoms with Crippen LogP contribution in [0.3, 0.4) is 0 Å². The van der Waals surface area contributed by atoms with Crippen LogP contribution in [0.2, 0.25) is 0 Å². The van der Waals surface area contributed by atoms with Crippen molar-refractivity contribution in [1.29, 1.82) is 0 Å². The molecule has 0 aliphatic carbocycles. The molecule has 4 heterocycles. The second-order valence-electron chi connectivity index (χ2n) is 10.8. The number of hydrogen-bond acceptors (Lipinski definition) is 8. The maximum atomic E-state index is 12.6. The smallest absolute Gasteiger partial charge is 0.200 e. The van der Waals surface area contributed by atoms with Crippen LogP contribution in [-0.2, 0) is 15.9 Å². The Balaban J connectivity index is 1.19. The zero-order chi connectivity index (χ0) is 26.9. The van der Waals surface area contributed by atoms with Gasteiger partial charge in [-0.3, -0.25) is 9.69 Å². The van der Waals surface area contributed by atoms with Crippen molar-refractivity contribution in [3.63, 3.8) is 0 Å². The monoisotopic (exact) mass is 548 g/mol. The average molecular weight is 549 g/mol. The maximum Gasteiger partial charge on any atom is 0.200 e. The van der Waals surface area contributed by atoms with E-state index in [1.165, 1.54) is 16.0 Å². The standard InChI is InChI=1S/C31H36N2O5S/c1-20(33-17-21(2)37-22(3)18-33)19-36-26-7-8-29-24(14-26)13-23-5-4-6-27(31(23)39-29)28-15-25(34)16-30(38-28)32-9-11-35-12-10-32/h4-8,14-16,20-22H,9-13,17-19H2,1-3H3/t20-,21-,22+/m1/s1. The van der Waals surface area contributed by atoms with Crippen LogP contribution in [0.1, 0.15) is 31.9 Å². The Kier molecular flexibility index (Phi) is 7.71. The summed E-state index contributed by atoms with van der Waals surface area (Å²) in [6.45, 7) is 11.7. The molecule has 0 saturated carbocycles. The van der Waals surface area contributed by atoms with E-state index in [1.54, 1.807) is 23.9 Å². The molecule has 0 bridgehead atoms. The summed E-state index contributed by atoms with van der Waals surface area (Å²) in [4.78, 5) is 19.5. The van der Waals surface area contributed by atoms with E-state index in [4.69, 9.17) is 18.6 Å². The molecular weight excluding hydrogens is 512 g/mol. The van der Waals surface area contributed by atoms with Gasteiger partial charge in [0.05, 0.1) is 25.4 Å². The molecule has 0 spiro atoms. The second kappa shape index (κ2) is 11.4. The molecule has 1 aromatic heterocycles. The molecule has 3 atom stereocenters. The van der Waals surface area contributed by atoms with Gasteiger partial charge in [0.1, 0.15) is 18.1 Å². The Morgan fingerprint density at radius 2 is 1.82 bits per heavy atom. The van der Waals surface area contributed by atoms with Crippen LogP contribution in [0.25, 0.3) is 11.3 Å². The zero-order valence-electron chi connectivity index (χ0n) is 22.9.